The zero-order valence-corrected chi connectivity index (χ0v) is 20.1. The molecule has 0 radical (unpaired) electrons. The smallest absolute Gasteiger partial charge is 0.398 e. The quantitative estimate of drug-likeness (QED) is 0.164. The summed E-state index contributed by atoms with van der Waals surface area (Å²) >= 11 is 0. The largest absolute Gasteiger partial charge is 0.450 e. The van der Waals surface area contributed by atoms with Crippen LogP contribution in [0.15, 0.2) is 30.6 Å². The summed E-state index contributed by atoms with van der Waals surface area (Å²) in [5, 5.41) is 0.0572. The van der Waals surface area contributed by atoms with Crippen LogP contribution in [0.2, 0.25) is 25.7 Å². The molecule has 0 spiro atoms. The van der Waals surface area contributed by atoms with Crippen LogP contribution >= 0.6 is 0 Å². The Balaban J connectivity index is 1.78. The summed E-state index contributed by atoms with van der Waals surface area (Å²) in [5.74, 6) is -2.99. The van der Waals surface area contributed by atoms with Gasteiger partial charge in [0.05, 0.1) is 10.8 Å². The maximum Gasteiger partial charge on any atom is 0.398 e. The SMILES string of the molecule is C[Si](C)(C)CCOCn1cc(C2(C(F)(F)F)CC2)c2c(Oc3c(F)cc(N)cc3F)ccnc21. The molecule has 1 fully saturated rings. The lowest BCUT2D eigenvalue weighted by Gasteiger charge is -2.19. The number of benzene rings is 1. The summed E-state index contributed by atoms with van der Waals surface area (Å²) in [7, 11) is -1.35. The van der Waals surface area contributed by atoms with Gasteiger partial charge in [-0.3, -0.25) is 0 Å². The molecule has 34 heavy (non-hydrogen) atoms. The number of halogens is 5. The number of rotatable bonds is 8. The number of nitrogens with two attached hydrogens (primary N) is 1. The molecule has 5 nitrogen and oxygen atoms in total. The van der Waals surface area contributed by atoms with E-state index in [-0.39, 0.29) is 47.6 Å². The minimum absolute atomic E-state index is 0.00400. The van der Waals surface area contributed by atoms with Crippen LogP contribution < -0.4 is 10.5 Å². The highest BCUT2D eigenvalue weighted by molar-refractivity contribution is 6.76. The molecule has 184 valence electrons. The molecule has 0 bridgehead atoms. The number of fused-ring (bicyclic) bond motifs is 1. The Hall–Kier alpha value is -2.66. The lowest BCUT2D eigenvalue weighted by Crippen LogP contribution is -2.28. The van der Waals surface area contributed by atoms with E-state index < -0.39 is 37.0 Å². The summed E-state index contributed by atoms with van der Waals surface area (Å²) < 4.78 is 83.7. The molecule has 4 rings (SSSR count). The van der Waals surface area contributed by atoms with E-state index in [1.54, 1.807) is 0 Å². The first kappa shape index (κ1) is 24.5. The molecular formula is C23H26F5N3O2Si. The maximum absolute atomic E-state index is 14.4. The van der Waals surface area contributed by atoms with Crippen LogP contribution in [0.1, 0.15) is 18.4 Å². The Kier molecular flexibility index (Phi) is 6.13. The van der Waals surface area contributed by atoms with Crippen LogP contribution in [0.25, 0.3) is 11.0 Å². The normalized spacial score (nSPS) is 15.6. The van der Waals surface area contributed by atoms with E-state index in [1.807, 2.05) is 0 Å². The molecule has 0 aliphatic heterocycles. The summed E-state index contributed by atoms with van der Waals surface area (Å²) in [4.78, 5) is 4.25. The van der Waals surface area contributed by atoms with Crippen molar-refractivity contribution in [2.24, 2.45) is 0 Å². The van der Waals surface area contributed by atoms with Crippen molar-refractivity contribution in [3.63, 3.8) is 0 Å². The van der Waals surface area contributed by atoms with Gasteiger partial charge >= 0.3 is 6.18 Å². The molecule has 1 saturated carbocycles. The topological polar surface area (TPSA) is 62.3 Å². The van der Waals surface area contributed by atoms with Gasteiger partial charge in [-0.2, -0.15) is 13.2 Å². The van der Waals surface area contributed by atoms with Gasteiger partial charge in [-0.05, 0) is 30.5 Å². The number of aromatic nitrogens is 2. The lowest BCUT2D eigenvalue weighted by atomic mass is 9.95. The van der Waals surface area contributed by atoms with Crippen molar-refractivity contribution >= 4 is 24.8 Å². The van der Waals surface area contributed by atoms with Crippen LogP contribution in [0.5, 0.6) is 11.5 Å². The summed E-state index contributed by atoms with van der Waals surface area (Å²) in [6, 6.07) is 3.95. The molecule has 0 amide bonds. The van der Waals surface area contributed by atoms with Crippen LogP contribution in [0, 0.1) is 11.6 Å². The minimum atomic E-state index is -4.50. The zero-order chi connectivity index (χ0) is 24.9. The number of pyridine rings is 1. The first-order chi connectivity index (χ1) is 15.8. The number of nitrogen functional groups attached to an aromatic ring is 1. The van der Waals surface area contributed by atoms with Crippen LogP contribution in [0.3, 0.4) is 0 Å². The summed E-state index contributed by atoms with van der Waals surface area (Å²) in [5.41, 5.74) is 3.40. The predicted octanol–water partition coefficient (Wildman–Crippen LogP) is 6.60. The molecule has 1 aliphatic rings. The average Bonchev–Trinajstić information content (AvgIpc) is 3.44. The van der Waals surface area contributed by atoms with E-state index in [1.165, 1.54) is 23.0 Å². The third-order valence-electron chi connectivity index (χ3n) is 5.99. The van der Waals surface area contributed by atoms with Crippen molar-refractivity contribution in [2.75, 3.05) is 12.3 Å². The van der Waals surface area contributed by atoms with Crippen molar-refractivity contribution in [3.05, 3.63) is 47.8 Å². The first-order valence-corrected chi connectivity index (χ1v) is 14.6. The molecular weight excluding hydrogens is 473 g/mol. The van der Waals surface area contributed by atoms with Crippen LogP contribution in [-0.2, 0) is 16.9 Å². The number of nitrogens with zero attached hydrogens (tertiary/aromatic N) is 2. The third-order valence-corrected chi connectivity index (χ3v) is 7.69. The standard InChI is InChI=1S/C23H26F5N3O2Si/c1-34(2,3)9-8-32-13-31-12-15(22(5-6-22)23(26,27)28)19-18(4-7-30-21(19)31)33-20-16(24)10-14(29)11-17(20)25/h4,7,10-12H,5-6,8-9,13,29H2,1-3H3. The Morgan fingerprint density at radius 2 is 1.79 bits per heavy atom. The van der Waals surface area contributed by atoms with Gasteiger partial charge in [0.25, 0.3) is 0 Å². The molecule has 2 aromatic heterocycles. The van der Waals surface area contributed by atoms with Gasteiger partial charge in [-0.25, -0.2) is 13.8 Å². The Morgan fingerprint density at radius 3 is 2.35 bits per heavy atom. The molecule has 3 aromatic rings. The highest BCUT2D eigenvalue weighted by atomic mass is 28.3. The Bertz CT molecular complexity index is 1190. The van der Waals surface area contributed by atoms with Crippen molar-refractivity contribution in [1.82, 2.24) is 9.55 Å². The second-order valence-electron chi connectivity index (χ2n) is 9.86. The predicted molar refractivity (Wildman–Crippen MR) is 122 cm³/mol. The van der Waals surface area contributed by atoms with Crippen molar-refractivity contribution in [2.45, 2.75) is 56.8 Å². The van der Waals surface area contributed by atoms with Crippen molar-refractivity contribution in [1.29, 1.82) is 0 Å². The molecule has 0 saturated heterocycles. The van der Waals surface area contributed by atoms with E-state index in [9.17, 15) is 22.0 Å². The number of alkyl halides is 3. The first-order valence-electron chi connectivity index (χ1n) is 10.9. The Morgan fingerprint density at radius 1 is 1.15 bits per heavy atom. The molecule has 0 unspecified atom stereocenters. The Labute approximate surface area is 194 Å². The third kappa shape index (κ3) is 4.63. The maximum atomic E-state index is 14.4. The second-order valence-corrected chi connectivity index (χ2v) is 15.5. The van der Waals surface area contributed by atoms with E-state index in [0.717, 1.165) is 18.2 Å². The van der Waals surface area contributed by atoms with E-state index in [0.29, 0.717) is 6.61 Å². The highest BCUT2D eigenvalue weighted by Gasteiger charge is 2.65. The number of anilines is 1. The van der Waals surface area contributed by atoms with Gasteiger partial charge in [0.1, 0.15) is 18.1 Å². The van der Waals surface area contributed by atoms with Gasteiger partial charge in [-0.1, -0.05) is 19.6 Å². The van der Waals surface area contributed by atoms with E-state index >= 15 is 0 Å². The minimum Gasteiger partial charge on any atom is -0.450 e. The fourth-order valence-electron chi connectivity index (χ4n) is 3.89. The molecule has 2 N–H and O–H groups in total. The fourth-order valence-corrected chi connectivity index (χ4v) is 4.65. The van der Waals surface area contributed by atoms with Gasteiger partial charge < -0.3 is 19.8 Å². The molecule has 2 heterocycles. The van der Waals surface area contributed by atoms with Gasteiger partial charge in [0.2, 0.25) is 0 Å². The van der Waals surface area contributed by atoms with Gasteiger partial charge in [0, 0.05) is 44.9 Å². The van der Waals surface area contributed by atoms with Crippen molar-refractivity contribution < 1.29 is 31.4 Å². The molecule has 1 aromatic carbocycles. The van der Waals surface area contributed by atoms with Crippen LogP contribution in [-0.4, -0.2) is 30.4 Å². The summed E-state index contributed by atoms with van der Waals surface area (Å²) in [6.45, 7) is 7.05. The molecule has 0 atom stereocenters. The lowest BCUT2D eigenvalue weighted by molar-refractivity contribution is -0.160. The van der Waals surface area contributed by atoms with Crippen molar-refractivity contribution in [3.8, 4) is 11.5 Å². The average molecular weight is 500 g/mol. The van der Waals surface area contributed by atoms with Gasteiger partial charge in [-0.15, -0.1) is 0 Å². The summed E-state index contributed by atoms with van der Waals surface area (Å²) in [6.07, 6.45) is -2.00. The van der Waals surface area contributed by atoms with E-state index in [2.05, 4.69) is 24.6 Å². The molecule has 1 aliphatic carbocycles. The van der Waals surface area contributed by atoms with E-state index in [4.69, 9.17) is 15.2 Å². The zero-order valence-electron chi connectivity index (χ0n) is 19.1. The highest BCUT2D eigenvalue weighted by Crippen LogP contribution is 2.61. The fraction of sp³-hybridized carbons (Fsp3) is 0.435. The number of hydrogen-bond acceptors (Lipinski definition) is 4. The van der Waals surface area contributed by atoms with Crippen LogP contribution in [0.4, 0.5) is 27.6 Å². The second kappa shape index (κ2) is 8.53. The molecule has 11 heteroatoms. The number of ether oxygens (including phenoxy) is 2. The monoisotopic (exact) mass is 499 g/mol. The van der Waals surface area contributed by atoms with Gasteiger partial charge in [0.15, 0.2) is 17.4 Å². The number of hydrogen-bond donors (Lipinski definition) is 1.